The molecule has 0 amide bonds. The molecule has 1 aliphatic rings. The molecule has 0 saturated heterocycles. The van der Waals surface area contributed by atoms with E-state index in [1.807, 2.05) is 6.92 Å². The van der Waals surface area contributed by atoms with Gasteiger partial charge in [0, 0.05) is 6.04 Å². The molecule has 0 radical (unpaired) electrons. The first-order chi connectivity index (χ1) is 5.59. The number of carbonyl (C=O) groups is 1. The first-order valence-electron chi connectivity index (χ1n) is 4.57. The summed E-state index contributed by atoms with van der Waals surface area (Å²) in [5.41, 5.74) is 5.71. The summed E-state index contributed by atoms with van der Waals surface area (Å²) in [4.78, 5) is 10.3. The van der Waals surface area contributed by atoms with Crippen molar-refractivity contribution in [1.82, 2.24) is 0 Å². The Morgan fingerprint density at radius 2 is 2.25 bits per heavy atom. The lowest BCUT2D eigenvalue weighted by molar-refractivity contribution is -0.137. The molecule has 1 fully saturated rings. The predicted molar refractivity (Wildman–Crippen MR) is 46.7 cm³/mol. The van der Waals surface area contributed by atoms with E-state index in [2.05, 4.69) is 0 Å². The van der Waals surface area contributed by atoms with Crippen molar-refractivity contribution < 1.29 is 9.90 Å². The second-order valence-electron chi connectivity index (χ2n) is 3.92. The van der Waals surface area contributed by atoms with Crippen molar-refractivity contribution >= 4 is 5.97 Å². The van der Waals surface area contributed by atoms with Gasteiger partial charge in [-0.2, -0.15) is 0 Å². The first-order valence-corrected chi connectivity index (χ1v) is 4.57. The van der Waals surface area contributed by atoms with Gasteiger partial charge in [0.15, 0.2) is 0 Å². The molecule has 1 aliphatic carbocycles. The highest BCUT2D eigenvalue weighted by Crippen LogP contribution is 2.36. The molecule has 0 aromatic carbocycles. The highest BCUT2D eigenvalue weighted by Gasteiger charge is 2.26. The van der Waals surface area contributed by atoms with Gasteiger partial charge < -0.3 is 10.8 Å². The number of hydrogen-bond donors (Lipinski definition) is 2. The van der Waals surface area contributed by atoms with Crippen LogP contribution in [0.25, 0.3) is 0 Å². The van der Waals surface area contributed by atoms with Crippen molar-refractivity contribution in [1.29, 1.82) is 0 Å². The molecule has 0 bridgehead atoms. The molecule has 1 rings (SSSR count). The summed E-state index contributed by atoms with van der Waals surface area (Å²) in [6.07, 6.45) is 3.83. The fraction of sp³-hybridized carbons (Fsp3) is 0.889. The van der Waals surface area contributed by atoms with Crippen LogP contribution in [0.15, 0.2) is 0 Å². The van der Waals surface area contributed by atoms with E-state index in [-0.39, 0.29) is 12.5 Å². The molecule has 70 valence electrons. The van der Waals surface area contributed by atoms with Crippen molar-refractivity contribution in [2.45, 2.75) is 38.6 Å². The predicted octanol–water partition coefficient (Wildman–Crippen LogP) is 1.22. The number of aliphatic carboxylic acids is 1. The average Bonchev–Trinajstić information content (AvgIpc) is 2.70. The zero-order valence-electron chi connectivity index (χ0n) is 7.49. The maximum absolute atomic E-state index is 10.3. The van der Waals surface area contributed by atoms with E-state index in [4.69, 9.17) is 10.8 Å². The molecule has 0 aromatic heterocycles. The summed E-state index contributed by atoms with van der Waals surface area (Å²) >= 11 is 0. The number of carboxylic acid groups (broad SMARTS) is 1. The molecule has 0 aromatic rings. The Morgan fingerprint density at radius 3 is 2.67 bits per heavy atom. The summed E-state index contributed by atoms with van der Waals surface area (Å²) < 4.78 is 0. The largest absolute Gasteiger partial charge is 0.481 e. The van der Waals surface area contributed by atoms with Gasteiger partial charge in [0.25, 0.3) is 0 Å². The second-order valence-corrected chi connectivity index (χ2v) is 3.92. The number of hydrogen-bond acceptors (Lipinski definition) is 2. The quantitative estimate of drug-likeness (QED) is 0.653. The van der Waals surface area contributed by atoms with E-state index in [1.54, 1.807) is 0 Å². The zero-order valence-corrected chi connectivity index (χ0v) is 7.49. The molecule has 0 aliphatic heterocycles. The van der Waals surface area contributed by atoms with E-state index in [0.29, 0.717) is 5.92 Å². The van der Waals surface area contributed by atoms with E-state index >= 15 is 0 Å². The third-order valence-corrected chi connectivity index (χ3v) is 2.54. The van der Waals surface area contributed by atoms with Crippen LogP contribution in [0.5, 0.6) is 0 Å². The molecule has 12 heavy (non-hydrogen) atoms. The monoisotopic (exact) mass is 171 g/mol. The van der Waals surface area contributed by atoms with E-state index in [9.17, 15) is 4.79 Å². The van der Waals surface area contributed by atoms with Gasteiger partial charge in [-0.05, 0) is 18.3 Å². The zero-order chi connectivity index (χ0) is 9.14. The van der Waals surface area contributed by atoms with Crippen LogP contribution in [0.2, 0.25) is 0 Å². The van der Waals surface area contributed by atoms with E-state index in [0.717, 1.165) is 12.3 Å². The number of nitrogens with two attached hydrogens (primary N) is 1. The Balaban J connectivity index is 2.19. The molecule has 0 heterocycles. The Labute approximate surface area is 72.9 Å². The van der Waals surface area contributed by atoms with Gasteiger partial charge in [-0.15, -0.1) is 0 Å². The van der Waals surface area contributed by atoms with Gasteiger partial charge in [0.1, 0.15) is 0 Å². The Kier molecular flexibility index (Phi) is 3.09. The van der Waals surface area contributed by atoms with Crippen molar-refractivity contribution in [2.24, 2.45) is 17.6 Å². The lowest BCUT2D eigenvalue weighted by Gasteiger charge is -2.17. The lowest BCUT2D eigenvalue weighted by atomic mass is 9.94. The molecule has 3 nitrogen and oxygen atoms in total. The van der Waals surface area contributed by atoms with Crippen molar-refractivity contribution in [2.75, 3.05) is 0 Å². The molecule has 0 spiro atoms. The topological polar surface area (TPSA) is 63.3 Å². The first kappa shape index (κ1) is 9.52. The maximum Gasteiger partial charge on any atom is 0.304 e. The average molecular weight is 171 g/mol. The molecule has 3 heteroatoms. The van der Waals surface area contributed by atoms with Crippen molar-refractivity contribution in [3.05, 3.63) is 0 Å². The van der Waals surface area contributed by atoms with Crippen LogP contribution in [-0.4, -0.2) is 17.1 Å². The smallest absolute Gasteiger partial charge is 0.304 e. The fourth-order valence-corrected chi connectivity index (χ4v) is 1.46. The molecule has 0 unspecified atom stereocenters. The normalized spacial score (nSPS) is 21.8. The molecule has 1 saturated carbocycles. The van der Waals surface area contributed by atoms with Crippen molar-refractivity contribution in [3.63, 3.8) is 0 Å². The van der Waals surface area contributed by atoms with Gasteiger partial charge in [-0.25, -0.2) is 0 Å². The van der Waals surface area contributed by atoms with E-state index < -0.39 is 5.97 Å². The standard InChI is InChI=1S/C9H17NO2/c1-6(4-7-2-3-7)8(10)5-9(11)12/h6-8H,2-5,10H2,1H3,(H,11,12)/t6-,8-/m1/s1. The molecular weight excluding hydrogens is 154 g/mol. The highest BCUT2D eigenvalue weighted by molar-refractivity contribution is 5.67. The minimum Gasteiger partial charge on any atom is -0.481 e. The third-order valence-electron chi connectivity index (χ3n) is 2.54. The fourth-order valence-electron chi connectivity index (χ4n) is 1.46. The minimum absolute atomic E-state index is 0.105. The summed E-state index contributed by atoms with van der Waals surface area (Å²) in [7, 11) is 0. The van der Waals surface area contributed by atoms with Gasteiger partial charge in [-0.3, -0.25) is 4.79 Å². The van der Waals surface area contributed by atoms with Crippen LogP contribution in [0.3, 0.4) is 0 Å². The highest BCUT2D eigenvalue weighted by atomic mass is 16.4. The van der Waals surface area contributed by atoms with Crippen LogP contribution >= 0.6 is 0 Å². The maximum atomic E-state index is 10.3. The summed E-state index contributed by atoms with van der Waals surface area (Å²) in [6.45, 7) is 2.05. The Bertz CT molecular complexity index is 166. The van der Waals surface area contributed by atoms with Gasteiger partial charge >= 0.3 is 5.97 Å². The van der Waals surface area contributed by atoms with Crippen LogP contribution in [0.1, 0.15) is 32.6 Å². The summed E-state index contributed by atoms with van der Waals surface area (Å²) in [6, 6.07) is -0.164. The van der Waals surface area contributed by atoms with Gasteiger partial charge in [0.2, 0.25) is 0 Å². The minimum atomic E-state index is -0.787. The Morgan fingerprint density at radius 1 is 1.67 bits per heavy atom. The summed E-state index contributed by atoms with van der Waals surface area (Å²) in [5, 5.41) is 8.50. The van der Waals surface area contributed by atoms with Gasteiger partial charge in [0.05, 0.1) is 6.42 Å². The molecule has 2 atom stereocenters. The van der Waals surface area contributed by atoms with Crippen LogP contribution in [0.4, 0.5) is 0 Å². The molecule has 3 N–H and O–H groups in total. The SMILES string of the molecule is C[C@H](CC1CC1)[C@H](N)CC(=O)O. The van der Waals surface area contributed by atoms with Gasteiger partial charge in [-0.1, -0.05) is 19.8 Å². The third kappa shape index (κ3) is 3.22. The summed E-state index contributed by atoms with van der Waals surface area (Å²) in [5.74, 6) is 0.401. The lowest BCUT2D eigenvalue weighted by Crippen LogP contribution is -2.31. The molecular formula is C9H17NO2. The van der Waals surface area contributed by atoms with Crippen LogP contribution < -0.4 is 5.73 Å². The number of carboxylic acids is 1. The van der Waals surface area contributed by atoms with Crippen LogP contribution in [-0.2, 0) is 4.79 Å². The second kappa shape index (κ2) is 3.90. The van der Waals surface area contributed by atoms with Crippen LogP contribution in [0, 0.1) is 11.8 Å². The Hall–Kier alpha value is -0.570. The van der Waals surface area contributed by atoms with E-state index in [1.165, 1.54) is 12.8 Å². The number of rotatable bonds is 5. The van der Waals surface area contributed by atoms with Crippen molar-refractivity contribution in [3.8, 4) is 0 Å².